The number of nitrogens with zero attached hydrogens (tertiary/aromatic N) is 4. The van der Waals surface area contributed by atoms with Crippen LogP contribution in [0.1, 0.15) is 11.5 Å². The van der Waals surface area contributed by atoms with E-state index in [9.17, 15) is 4.39 Å². The molecule has 0 aliphatic carbocycles. The van der Waals surface area contributed by atoms with E-state index in [0.717, 1.165) is 16.3 Å². The van der Waals surface area contributed by atoms with E-state index in [1.54, 1.807) is 23.5 Å². The highest BCUT2D eigenvalue weighted by molar-refractivity contribution is 7.98. The number of nitrogens with two attached hydrogens (primary N) is 1. The van der Waals surface area contributed by atoms with Gasteiger partial charge in [0.2, 0.25) is 11.0 Å². The van der Waals surface area contributed by atoms with Crippen LogP contribution in [0.2, 0.25) is 0 Å². The number of benzene rings is 1. The fourth-order valence-electron chi connectivity index (χ4n) is 2.37. The average molecular weight is 387 g/mol. The molecule has 0 radical (unpaired) electrons. The van der Waals surface area contributed by atoms with Crippen molar-refractivity contribution in [3.8, 4) is 22.2 Å². The Balaban J connectivity index is 1.51. The lowest BCUT2D eigenvalue weighted by Crippen LogP contribution is -2.11. The minimum Gasteiger partial charge on any atom is -0.440 e. The highest BCUT2D eigenvalue weighted by atomic mass is 32.2. The average Bonchev–Trinajstić information content (AvgIpc) is 3.35. The van der Waals surface area contributed by atoms with Crippen LogP contribution in [0.25, 0.3) is 22.2 Å². The summed E-state index contributed by atoms with van der Waals surface area (Å²) in [5.41, 5.74) is 1.54. The maximum Gasteiger partial charge on any atom is 0.236 e. The van der Waals surface area contributed by atoms with E-state index < -0.39 is 0 Å². The van der Waals surface area contributed by atoms with E-state index in [-0.39, 0.29) is 5.82 Å². The van der Waals surface area contributed by atoms with Crippen molar-refractivity contribution in [2.75, 3.05) is 5.84 Å². The number of oxazole rings is 1. The Hall–Kier alpha value is -2.65. The van der Waals surface area contributed by atoms with E-state index in [0.29, 0.717) is 28.2 Å². The topological polar surface area (TPSA) is 82.8 Å². The summed E-state index contributed by atoms with van der Waals surface area (Å²) in [6.45, 7) is 1.89. The molecule has 3 aromatic heterocycles. The molecule has 3 heterocycles. The molecule has 0 aliphatic heterocycles. The van der Waals surface area contributed by atoms with Gasteiger partial charge >= 0.3 is 0 Å². The molecule has 0 atom stereocenters. The summed E-state index contributed by atoms with van der Waals surface area (Å²) in [7, 11) is 0. The second-order valence-electron chi connectivity index (χ2n) is 5.47. The maximum absolute atomic E-state index is 13.1. The first-order valence-electron chi connectivity index (χ1n) is 7.71. The van der Waals surface area contributed by atoms with Gasteiger partial charge in [-0.3, -0.25) is 0 Å². The molecule has 0 bridgehead atoms. The number of aromatic nitrogens is 4. The summed E-state index contributed by atoms with van der Waals surface area (Å²) in [6.07, 6.45) is 0. The fraction of sp³-hybridized carbons (Fsp3) is 0.118. The second-order valence-corrected chi connectivity index (χ2v) is 7.36. The van der Waals surface area contributed by atoms with Gasteiger partial charge in [-0.05, 0) is 42.6 Å². The molecule has 9 heteroatoms. The molecule has 0 saturated heterocycles. The number of nitrogen functional groups attached to an aromatic ring is 1. The van der Waals surface area contributed by atoms with Gasteiger partial charge in [0.05, 0.1) is 10.6 Å². The highest BCUT2D eigenvalue weighted by Gasteiger charge is 2.16. The van der Waals surface area contributed by atoms with Crippen LogP contribution >= 0.6 is 23.1 Å². The number of thiophene rings is 1. The quantitative estimate of drug-likeness (QED) is 0.410. The van der Waals surface area contributed by atoms with Gasteiger partial charge in [-0.15, -0.1) is 21.5 Å². The van der Waals surface area contributed by atoms with Crippen LogP contribution in [0.15, 0.2) is 51.4 Å². The third-order valence-corrected chi connectivity index (χ3v) is 5.54. The summed E-state index contributed by atoms with van der Waals surface area (Å²) in [5, 5.41) is 10.7. The molecule has 0 aliphatic rings. The number of aryl methyl sites for hydroxylation is 1. The molecule has 0 amide bonds. The van der Waals surface area contributed by atoms with Crippen molar-refractivity contribution >= 4 is 23.1 Å². The monoisotopic (exact) mass is 387 g/mol. The molecule has 1 aromatic carbocycles. The van der Waals surface area contributed by atoms with Gasteiger partial charge in [0.15, 0.2) is 5.82 Å². The van der Waals surface area contributed by atoms with Crippen LogP contribution in [0, 0.1) is 12.7 Å². The van der Waals surface area contributed by atoms with Gasteiger partial charge in [0, 0.05) is 11.3 Å². The van der Waals surface area contributed by atoms with Gasteiger partial charge in [0.25, 0.3) is 0 Å². The number of hydrogen-bond donors (Lipinski definition) is 1. The normalized spacial score (nSPS) is 11.2. The lowest BCUT2D eigenvalue weighted by molar-refractivity contribution is 0.542. The molecule has 0 saturated carbocycles. The van der Waals surface area contributed by atoms with Gasteiger partial charge in [-0.1, -0.05) is 17.8 Å². The molecule has 2 N–H and O–H groups in total. The smallest absolute Gasteiger partial charge is 0.236 e. The van der Waals surface area contributed by atoms with Crippen molar-refractivity contribution in [1.29, 1.82) is 0 Å². The minimum atomic E-state index is -0.311. The lowest BCUT2D eigenvalue weighted by Gasteiger charge is -2.03. The largest absolute Gasteiger partial charge is 0.440 e. The summed E-state index contributed by atoms with van der Waals surface area (Å²) in [5.74, 6) is 8.20. The van der Waals surface area contributed by atoms with Crippen LogP contribution < -0.4 is 5.84 Å². The Bertz CT molecular complexity index is 1020. The zero-order valence-electron chi connectivity index (χ0n) is 13.7. The van der Waals surface area contributed by atoms with E-state index in [2.05, 4.69) is 15.2 Å². The Labute approximate surface area is 156 Å². The molecule has 4 rings (SSSR count). The third kappa shape index (κ3) is 3.23. The van der Waals surface area contributed by atoms with Crippen LogP contribution in [0.3, 0.4) is 0 Å². The van der Waals surface area contributed by atoms with Gasteiger partial charge in [-0.25, -0.2) is 14.1 Å². The second kappa shape index (κ2) is 6.93. The van der Waals surface area contributed by atoms with E-state index in [4.69, 9.17) is 10.3 Å². The van der Waals surface area contributed by atoms with E-state index >= 15 is 0 Å². The number of thioether (sulfide) groups is 1. The minimum absolute atomic E-state index is 0.311. The summed E-state index contributed by atoms with van der Waals surface area (Å²) >= 11 is 3.00. The third-order valence-electron chi connectivity index (χ3n) is 3.73. The van der Waals surface area contributed by atoms with E-state index in [1.807, 2.05) is 24.4 Å². The predicted molar refractivity (Wildman–Crippen MR) is 99.7 cm³/mol. The van der Waals surface area contributed by atoms with Crippen LogP contribution in [-0.4, -0.2) is 19.9 Å². The SMILES string of the molecule is Cc1oc(-c2cccs2)nc1CSc1nnc(-c2ccc(F)cc2)n1N. The molecule has 132 valence electrons. The van der Waals surface area contributed by atoms with E-state index in [1.165, 1.54) is 28.6 Å². The Morgan fingerprint density at radius 3 is 2.77 bits per heavy atom. The lowest BCUT2D eigenvalue weighted by atomic mass is 10.2. The number of hydrogen-bond acceptors (Lipinski definition) is 7. The molecule has 26 heavy (non-hydrogen) atoms. The molecule has 0 spiro atoms. The summed E-state index contributed by atoms with van der Waals surface area (Å²) in [6, 6.07) is 9.89. The highest BCUT2D eigenvalue weighted by Crippen LogP contribution is 2.29. The fourth-order valence-corrected chi connectivity index (χ4v) is 3.88. The number of rotatable bonds is 5. The molecule has 0 unspecified atom stereocenters. The van der Waals surface area contributed by atoms with Crippen LogP contribution in [0.4, 0.5) is 4.39 Å². The van der Waals surface area contributed by atoms with Crippen molar-refractivity contribution in [1.82, 2.24) is 19.9 Å². The van der Waals surface area contributed by atoms with Crippen LogP contribution in [0.5, 0.6) is 0 Å². The first-order valence-corrected chi connectivity index (χ1v) is 9.58. The van der Waals surface area contributed by atoms with Crippen molar-refractivity contribution < 1.29 is 8.81 Å². The molecule has 4 aromatic rings. The van der Waals surface area contributed by atoms with Crippen LogP contribution in [-0.2, 0) is 5.75 Å². The summed E-state index contributed by atoms with van der Waals surface area (Å²) < 4.78 is 20.2. The van der Waals surface area contributed by atoms with Gasteiger partial charge in [0.1, 0.15) is 11.6 Å². The Morgan fingerprint density at radius 2 is 2.04 bits per heavy atom. The van der Waals surface area contributed by atoms with Gasteiger partial charge < -0.3 is 10.3 Å². The molecular weight excluding hydrogens is 373 g/mol. The first kappa shape index (κ1) is 16.8. The Morgan fingerprint density at radius 1 is 1.23 bits per heavy atom. The molecule has 0 fully saturated rings. The van der Waals surface area contributed by atoms with Crippen molar-refractivity contribution in [3.05, 3.63) is 59.0 Å². The van der Waals surface area contributed by atoms with Crippen molar-refractivity contribution in [3.63, 3.8) is 0 Å². The van der Waals surface area contributed by atoms with Crippen molar-refractivity contribution in [2.45, 2.75) is 17.8 Å². The zero-order chi connectivity index (χ0) is 18.1. The molecular formula is C17H14FN5OS2. The molecule has 6 nitrogen and oxygen atoms in total. The predicted octanol–water partition coefficient (Wildman–Crippen LogP) is 4.12. The maximum atomic E-state index is 13.1. The first-order chi connectivity index (χ1) is 12.6. The number of halogens is 1. The van der Waals surface area contributed by atoms with Gasteiger partial charge in [-0.2, -0.15) is 0 Å². The Kier molecular flexibility index (Phi) is 4.48. The zero-order valence-corrected chi connectivity index (χ0v) is 15.4. The summed E-state index contributed by atoms with van der Waals surface area (Å²) in [4.78, 5) is 5.55. The van der Waals surface area contributed by atoms with Crippen molar-refractivity contribution in [2.24, 2.45) is 0 Å². The standard InChI is InChI=1S/C17H14FN5OS2/c1-10-13(20-16(24-10)14-3-2-8-25-14)9-26-17-22-21-15(23(17)19)11-4-6-12(18)7-5-11/h2-8H,9,19H2,1H3.